The van der Waals surface area contributed by atoms with Crippen molar-refractivity contribution in [1.29, 1.82) is 0 Å². The third-order valence-electron chi connectivity index (χ3n) is 2.54. The Kier molecular flexibility index (Phi) is 4.41. The minimum Gasteiger partial charge on any atom is -0.350 e. The number of amides is 2. The summed E-state index contributed by atoms with van der Waals surface area (Å²) in [6.07, 6.45) is 0. The molecular formula is C14H15N3OS. The molecule has 0 aliphatic carbocycles. The van der Waals surface area contributed by atoms with Crippen LogP contribution in [0, 0.1) is 0 Å². The Bertz CT molecular complexity index is 620. The molecule has 2 aromatic rings. The molecule has 0 aliphatic rings. The van der Waals surface area contributed by atoms with Gasteiger partial charge in [0.25, 0.3) is 0 Å². The van der Waals surface area contributed by atoms with Gasteiger partial charge < -0.3 is 5.73 Å². The Morgan fingerprint density at radius 1 is 1.26 bits per heavy atom. The second-order valence-corrected chi connectivity index (χ2v) is 5.11. The minimum atomic E-state index is -0.644. The van der Waals surface area contributed by atoms with Gasteiger partial charge in [-0.25, -0.2) is 10.2 Å². The lowest BCUT2D eigenvalue weighted by Gasteiger charge is -2.06. The minimum absolute atomic E-state index is 0.644. The summed E-state index contributed by atoms with van der Waals surface area (Å²) >= 11 is 1.69. The molecule has 4 nitrogen and oxygen atoms in total. The van der Waals surface area contributed by atoms with Crippen LogP contribution in [0.4, 0.5) is 4.79 Å². The quantitative estimate of drug-likeness (QED) is 0.511. The third-order valence-corrected chi connectivity index (χ3v) is 3.77. The van der Waals surface area contributed by atoms with E-state index in [1.807, 2.05) is 25.1 Å². The van der Waals surface area contributed by atoms with Gasteiger partial charge in [-0.3, -0.25) is 0 Å². The van der Waals surface area contributed by atoms with E-state index in [1.165, 1.54) is 15.7 Å². The van der Waals surface area contributed by atoms with Crippen LogP contribution in [0.25, 0.3) is 10.8 Å². The number of carbonyl (C=O) groups excluding carboxylic acids is 1. The van der Waals surface area contributed by atoms with E-state index in [0.717, 1.165) is 5.71 Å². The van der Waals surface area contributed by atoms with Crippen LogP contribution in [0.1, 0.15) is 6.92 Å². The van der Waals surface area contributed by atoms with Crippen molar-refractivity contribution in [1.82, 2.24) is 5.43 Å². The summed E-state index contributed by atoms with van der Waals surface area (Å²) < 4.78 is 0. The second-order valence-electron chi connectivity index (χ2n) is 4.09. The largest absolute Gasteiger partial charge is 0.350 e. The van der Waals surface area contributed by atoms with Crippen molar-refractivity contribution in [3.05, 3.63) is 42.5 Å². The van der Waals surface area contributed by atoms with Crippen LogP contribution >= 0.6 is 11.8 Å². The summed E-state index contributed by atoms with van der Waals surface area (Å²) in [4.78, 5) is 11.8. The molecule has 19 heavy (non-hydrogen) atoms. The average Bonchev–Trinajstić information content (AvgIpc) is 2.42. The number of hydrogen-bond acceptors (Lipinski definition) is 3. The number of hydrazone groups is 1. The van der Waals surface area contributed by atoms with E-state index in [4.69, 9.17) is 5.73 Å². The molecular weight excluding hydrogens is 258 g/mol. The predicted molar refractivity (Wildman–Crippen MR) is 80.5 cm³/mol. The summed E-state index contributed by atoms with van der Waals surface area (Å²) in [5.74, 6) is 0.703. The van der Waals surface area contributed by atoms with Gasteiger partial charge in [0.2, 0.25) is 0 Å². The summed E-state index contributed by atoms with van der Waals surface area (Å²) in [6.45, 7) is 1.86. The van der Waals surface area contributed by atoms with Gasteiger partial charge in [-0.2, -0.15) is 5.10 Å². The number of carbonyl (C=O) groups is 1. The number of nitrogens with two attached hydrogens (primary N) is 1. The molecule has 98 valence electrons. The maximum absolute atomic E-state index is 10.6. The molecule has 0 heterocycles. The molecule has 2 aromatic carbocycles. The van der Waals surface area contributed by atoms with Crippen molar-refractivity contribution in [2.75, 3.05) is 5.75 Å². The topological polar surface area (TPSA) is 67.5 Å². The fraction of sp³-hybridized carbons (Fsp3) is 0.143. The van der Waals surface area contributed by atoms with Crippen molar-refractivity contribution < 1.29 is 4.79 Å². The van der Waals surface area contributed by atoms with E-state index in [0.29, 0.717) is 5.75 Å². The summed E-state index contributed by atoms with van der Waals surface area (Å²) in [6, 6.07) is 13.8. The first-order chi connectivity index (χ1) is 9.16. The molecule has 2 rings (SSSR count). The Morgan fingerprint density at radius 3 is 2.79 bits per heavy atom. The van der Waals surface area contributed by atoms with Gasteiger partial charge in [0.15, 0.2) is 0 Å². The number of primary amides is 1. The fourth-order valence-corrected chi connectivity index (χ4v) is 2.63. The van der Waals surface area contributed by atoms with Gasteiger partial charge in [-0.05, 0) is 23.8 Å². The molecule has 0 fully saturated rings. The van der Waals surface area contributed by atoms with Gasteiger partial charge in [0.1, 0.15) is 0 Å². The third kappa shape index (κ3) is 3.72. The number of thioether (sulfide) groups is 1. The molecule has 0 saturated carbocycles. The lowest BCUT2D eigenvalue weighted by atomic mass is 10.1. The number of nitrogens with one attached hydrogen (secondary N) is 1. The normalized spacial score (nSPS) is 11.5. The second kappa shape index (κ2) is 6.24. The lowest BCUT2D eigenvalue weighted by Crippen LogP contribution is -2.25. The smallest absolute Gasteiger partial charge is 0.332 e. The number of nitrogens with zero attached hydrogens (tertiary/aromatic N) is 1. The highest BCUT2D eigenvalue weighted by Crippen LogP contribution is 2.27. The van der Waals surface area contributed by atoms with E-state index in [-0.39, 0.29) is 0 Å². The molecule has 3 N–H and O–H groups in total. The lowest BCUT2D eigenvalue weighted by molar-refractivity contribution is 0.249. The highest BCUT2D eigenvalue weighted by molar-refractivity contribution is 8.00. The summed E-state index contributed by atoms with van der Waals surface area (Å²) in [5.41, 5.74) is 8.01. The first-order valence-electron chi connectivity index (χ1n) is 5.86. The average molecular weight is 273 g/mol. The SMILES string of the molecule is C/C(CSc1cccc2ccccc12)=N\NC(N)=O. The van der Waals surface area contributed by atoms with E-state index < -0.39 is 6.03 Å². The van der Waals surface area contributed by atoms with Crippen LogP contribution < -0.4 is 11.2 Å². The van der Waals surface area contributed by atoms with Gasteiger partial charge in [-0.1, -0.05) is 36.4 Å². The van der Waals surface area contributed by atoms with Crippen LogP contribution in [0.2, 0.25) is 0 Å². The molecule has 0 unspecified atom stereocenters. The maximum atomic E-state index is 10.6. The van der Waals surface area contributed by atoms with Gasteiger partial charge in [0, 0.05) is 16.4 Å². The zero-order valence-electron chi connectivity index (χ0n) is 10.6. The Labute approximate surface area is 116 Å². The number of benzene rings is 2. The van der Waals surface area contributed by atoms with Crippen LogP contribution in [0.3, 0.4) is 0 Å². The summed E-state index contributed by atoms with van der Waals surface area (Å²) in [5, 5.41) is 6.34. The monoisotopic (exact) mass is 273 g/mol. The Hall–Kier alpha value is -2.01. The fourth-order valence-electron chi connectivity index (χ4n) is 1.69. The van der Waals surface area contributed by atoms with Gasteiger partial charge in [-0.15, -0.1) is 11.8 Å². The van der Waals surface area contributed by atoms with Crippen LogP contribution in [0.5, 0.6) is 0 Å². The zero-order chi connectivity index (χ0) is 13.7. The van der Waals surface area contributed by atoms with Crippen LogP contribution in [0.15, 0.2) is 52.5 Å². The predicted octanol–water partition coefficient (Wildman–Crippen LogP) is 2.98. The van der Waals surface area contributed by atoms with E-state index in [9.17, 15) is 4.79 Å². The standard InChI is InChI=1S/C14H15N3OS/c1-10(16-17-14(15)18)9-19-13-8-4-6-11-5-2-3-7-12(11)13/h2-8H,9H2,1H3,(H3,15,17,18)/b16-10+. The first kappa shape index (κ1) is 13.4. The van der Waals surface area contributed by atoms with Crippen LogP contribution in [-0.2, 0) is 0 Å². The molecule has 0 atom stereocenters. The number of hydrogen-bond donors (Lipinski definition) is 2. The molecule has 0 bridgehead atoms. The molecule has 0 aliphatic heterocycles. The van der Waals surface area contributed by atoms with Crippen LogP contribution in [-0.4, -0.2) is 17.5 Å². The molecule has 0 spiro atoms. The van der Waals surface area contributed by atoms with Crippen molar-refractivity contribution in [2.45, 2.75) is 11.8 Å². The molecule has 0 radical (unpaired) electrons. The van der Waals surface area contributed by atoms with Crippen molar-refractivity contribution >= 4 is 34.3 Å². The number of rotatable bonds is 4. The zero-order valence-corrected chi connectivity index (χ0v) is 11.4. The Balaban J connectivity index is 2.10. The molecule has 5 heteroatoms. The van der Waals surface area contributed by atoms with Crippen molar-refractivity contribution in [3.63, 3.8) is 0 Å². The van der Waals surface area contributed by atoms with E-state index >= 15 is 0 Å². The van der Waals surface area contributed by atoms with E-state index in [2.05, 4.69) is 34.8 Å². The van der Waals surface area contributed by atoms with E-state index in [1.54, 1.807) is 11.8 Å². The molecule has 0 saturated heterocycles. The molecule has 0 aromatic heterocycles. The summed E-state index contributed by atoms with van der Waals surface area (Å²) in [7, 11) is 0. The van der Waals surface area contributed by atoms with Gasteiger partial charge >= 0.3 is 6.03 Å². The Morgan fingerprint density at radius 2 is 2.00 bits per heavy atom. The number of fused-ring (bicyclic) bond motifs is 1. The molecule has 2 amide bonds. The maximum Gasteiger partial charge on any atom is 0.332 e. The van der Waals surface area contributed by atoms with Gasteiger partial charge in [0.05, 0.1) is 0 Å². The van der Waals surface area contributed by atoms with Crippen molar-refractivity contribution in [2.24, 2.45) is 10.8 Å². The highest BCUT2D eigenvalue weighted by atomic mass is 32.2. The van der Waals surface area contributed by atoms with Crippen molar-refractivity contribution in [3.8, 4) is 0 Å². The number of urea groups is 1. The highest BCUT2D eigenvalue weighted by Gasteiger charge is 2.02. The first-order valence-corrected chi connectivity index (χ1v) is 6.84.